The molecule has 0 saturated carbocycles. The molecule has 20 heavy (non-hydrogen) atoms. The molecule has 1 nitrogen and oxygen atoms in total. The van der Waals surface area contributed by atoms with Crippen molar-refractivity contribution >= 4 is 0 Å². The quantitative estimate of drug-likeness (QED) is 0.214. The summed E-state index contributed by atoms with van der Waals surface area (Å²) in [6.07, 6.45) is 26.5. The smallest absolute Gasteiger partial charge is 0.0912 e. The lowest BCUT2D eigenvalue weighted by Gasteiger charge is -2.01. The molecule has 0 aromatic rings. The molecule has 0 aromatic carbocycles. The number of rotatable bonds is 13. The van der Waals surface area contributed by atoms with Gasteiger partial charge in [-0.1, -0.05) is 95.1 Å². The molecule has 0 rings (SSSR count). The van der Waals surface area contributed by atoms with Gasteiger partial charge in [-0.25, -0.2) is 0 Å². The first kappa shape index (κ1) is 18.7. The fourth-order valence-electron chi connectivity index (χ4n) is 2.15. The third-order valence-corrected chi connectivity index (χ3v) is 3.36. The first-order valence-electron chi connectivity index (χ1n) is 8.29. The van der Waals surface area contributed by atoms with E-state index >= 15 is 0 Å². The Morgan fingerprint density at radius 2 is 1.25 bits per heavy atom. The van der Waals surface area contributed by atoms with E-state index in [2.05, 4.69) is 19.1 Å². The van der Waals surface area contributed by atoms with E-state index < -0.39 is 0 Å². The Hall–Kier alpha value is -1.29. The summed E-state index contributed by atoms with van der Waals surface area (Å²) in [5.74, 6) is 0. The van der Waals surface area contributed by atoms with E-state index in [1.165, 1.54) is 76.7 Å². The van der Waals surface area contributed by atoms with Crippen LogP contribution in [0.15, 0.2) is 36.5 Å². The van der Waals surface area contributed by atoms with E-state index in [4.69, 9.17) is 5.26 Å². The normalized spacial score (nSPS) is 11.8. The number of nitriles is 1. The van der Waals surface area contributed by atoms with E-state index in [0.29, 0.717) is 0 Å². The predicted molar refractivity (Wildman–Crippen MR) is 89.5 cm³/mol. The van der Waals surface area contributed by atoms with Crippen LogP contribution in [0.5, 0.6) is 0 Å². The molecule has 0 spiro atoms. The molecule has 0 atom stereocenters. The van der Waals surface area contributed by atoms with Gasteiger partial charge in [0.2, 0.25) is 0 Å². The van der Waals surface area contributed by atoms with Crippen molar-refractivity contribution in [2.45, 2.75) is 77.6 Å². The minimum absolute atomic E-state index is 1.17. The Kier molecular flexibility index (Phi) is 16.6. The number of hydrogen-bond donors (Lipinski definition) is 0. The molecule has 0 aliphatic carbocycles. The topological polar surface area (TPSA) is 23.8 Å². The summed E-state index contributed by atoms with van der Waals surface area (Å²) < 4.78 is 0. The zero-order valence-electron chi connectivity index (χ0n) is 13.2. The zero-order chi connectivity index (χ0) is 14.7. The van der Waals surface area contributed by atoms with Crippen LogP contribution in [0.25, 0.3) is 0 Å². The summed E-state index contributed by atoms with van der Waals surface area (Å²) in [5, 5.41) is 8.29. The second-order valence-corrected chi connectivity index (χ2v) is 5.27. The molecule has 0 heterocycles. The summed E-state index contributed by atoms with van der Waals surface area (Å²) >= 11 is 0. The van der Waals surface area contributed by atoms with Crippen molar-refractivity contribution in [3.05, 3.63) is 36.5 Å². The first-order valence-corrected chi connectivity index (χ1v) is 8.29. The highest BCUT2D eigenvalue weighted by Crippen LogP contribution is 2.11. The molecule has 112 valence electrons. The molecule has 0 saturated heterocycles. The van der Waals surface area contributed by atoms with Crippen molar-refractivity contribution in [1.82, 2.24) is 0 Å². The summed E-state index contributed by atoms with van der Waals surface area (Å²) in [6.45, 7) is 2.27. The van der Waals surface area contributed by atoms with Crippen LogP contribution in [-0.4, -0.2) is 0 Å². The molecule has 0 aromatic heterocycles. The largest absolute Gasteiger partial charge is 0.193 e. The lowest BCUT2D eigenvalue weighted by atomic mass is 10.1. The van der Waals surface area contributed by atoms with E-state index in [-0.39, 0.29) is 0 Å². The SMILES string of the molecule is CCCCCCCCCCCC/C=C/C=C/C=C/C#N. The Labute approximate surface area is 126 Å². The van der Waals surface area contributed by atoms with Crippen LogP contribution in [0, 0.1) is 11.3 Å². The molecule has 0 fully saturated rings. The van der Waals surface area contributed by atoms with Gasteiger partial charge in [0.15, 0.2) is 0 Å². The van der Waals surface area contributed by atoms with Gasteiger partial charge in [-0.2, -0.15) is 5.26 Å². The fraction of sp³-hybridized carbons (Fsp3) is 0.632. The molecular formula is C19H31N. The van der Waals surface area contributed by atoms with Crippen LogP contribution >= 0.6 is 0 Å². The van der Waals surface area contributed by atoms with Crippen LogP contribution in [0.3, 0.4) is 0 Å². The standard InChI is InChI=1S/C19H31N/c1-2-3-4-5-6-7-8-9-10-11-12-13-14-15-16-17-18-19-20/h13-18H,2-12H2,1H3/b14-13+,16-15+,18-17+. The predicted octanol–water partition coefficient (Wildman–Crippen LogP) is 6.49. The Morgan fingerprint density at radius 3 is 1.85 bits per heavy atom. The Balaban J connectivity index is 3.17. The highest BCUT2D eigenvalue weighted by atomic mass is 14.2. The second-order valence-electron chi connectivity index (χ2n) is 5.27. The highest BCUT2D eigenvalue weighted by molar-refractivity contribution is 5.15. The van der Waals surface area contributed by atoms with Gasteiger partial charge in [-0.3, -0.25) is 0 Å². The van der Waals surface area contributed by atoms with Gasteiger partial charge in [0.05, 0.1) is 6.07 Å². The average molecular weight is 273 g/mol. The van der Waals surface area contributed by atoms with Gasteiger partial charge < -0.3 is 0 Å². The van der Waals surface area contributed by atoms with Crippen LogP contribution in [0.2, 0.25) is 0 Å². The Bertz CT molecular complexity index is 304. The van der Waals surface area contributed by atoms with E-state index in [9.17, 15) is 0 Å². The summed E-state index contributed by atoms with van der Waals surface area (Å²) in [4.78, 5) is 0. The summed E-state index contributed by atoms with van der Waals surface area (Å²) in [6, 6.07) is 1.96. The summed E-state index contributed by atoms with van der Waals surface area (Å²) in [5.41, 5.74) is 0. The maximum absolute atomic E-state index is 8.29. The minimum atomic E-state index is 1.17. The summed E-state index contributed by atoms with van der Waals surface area (Å²) in [7, 11) is 0. The molecular weight excluding hydrogens is 242 g/mol. The van der Waals surface area contributed by atoms with Crippen molar-refractivity contribution in [1.29, 1.82) is 5.26 Å². The molecule has 0 bridgehead atoms. The molecule has 0 aliphatic heterocycles. The molecule has 0 aliphatic rings. The van der Waals surface area contributed by atoms with E-state index in [1.54, 1.807) is 6.08 Å². The lowest BCUT2D eigenvalue weighted by Crippen LogP contribution is -1.81. The van der Waals surface area contributed by atoms with Crippen molar-refractivity contribution in [2.75, 3.05) is 0 Å². The Morgan fingerprint density at radius 1 is 0.700 bits per heavy atom. The third kappa shape index (κ3) is 16.7. The van der Waals surface area contributed by atoms with Crippen LogP contribution in [0.1, 0.15) is 77.6 Å². The second kappa shape index (κ2) is 17.7. The maximum Gasteiger partial charge on any atom is 0.0912 e. The van der Waals surface area contributed by atoms with Crippen molar-refractivity contribution in [3.63, 3.8) is 0 Å². The monoisotopic (exact) mass is 273 g/mol. The molecule has 0 radical (unpaired) electrons. The van der Waals surface area contributed by atoms with Gasteiger partial charge >= 0.3 is 0 Å². The van der Waals surface area contributed by atoms with Gasteiger partial charge in [0, 0.05) is 6.08 Å². The molecule has 1 heteroatoms. The van der Waals surface area contributed by atoms with E-state index in [0.717, 1.165) is 0 Å². The number of nitrogens with zero attached hydrogens (tertiary/aromatic N) is 1. The van der Waals surface area contributed by atoms with Gasteiger partial charge in [0.25, 0.3) is 0 Å². The average Bonchev–Trinajstić information content (AvgIpc) is 2.47. The van der Waals surface area contributed by atoms with Gasteiger partial charge in [-0.05, 0) is 12.8 Å². The zero-order valence-corrected chi connectivity index (χ0v) is 13.2. The third-order valence-electron chi connectivity index (χ3n) is 3.36. The fourth-order valence-corrected chi connectivity index (χ4v) is 2.15. The minimum Gasteiger partial charge on any atom is -0.193 e. The van der Waals surface area contributed by atoms with Crippen LogP contribution < -0.4 is 0 Å². The number of unbranched alkanes of at least 4 members (excludes halogenated alkanes) is 10. The first-order chi connectivity index (χ1) is 9.91. The maximum atomic E-state index is 8.29. The van der Waals surface area contributed by atoms with Crippen molar-refractivity contribution in [2.24, 2.45) is 0 Å². The molecule has 0 N–H and O–H groups in total. The number of hydrogen-bond acceptors (Lipinski definition) is 1. The van der Waals surface area contributed by atoms with Crippen LogP contribution in [0.4, 0.5) is 0 Å². The van der Waals surface area contributed by atoms with Gasteiger partial charge in [0.1, 0.15) is 0 Å². The highest BCUT2D eigenvalue weighted by Gasteiger charge is 1.91. The lowest BCUT2D eigenvalue weighted by molar-refractivity contribution is 0.557. The van der Waals surface area contributed by atoms with Gasteiger partial charge in [-0.15, -0.1) is 0 Å². The van der Waals surface area contributed by atoms with Crippen molar-refractivity contribution in [3.8, 4) is 6.07 Å². The molecule has 0 unspecified atom stereocenters. The molecule has 0 amide bonds. The van der Waals surface area contributed by atoms with E-state index in [1.807, 2.05) is 18.2 Å². The number of allylic oxidation sites excluding steroid dienone is 6. The van der Waals surface area contributed by atoms with Crippen molar-refractivity contribution < 1.29 is 0 Å². The van der Waals surface area contributed by atoms with Crippen LogP contribution in [-0.2, 0) is 0 Å².